The molecule has 1 aromatic carbocycles. The summed E-state index contributed by atoms with van der Waals surface area (Å²) in [4.78, 5) is 10.1. The van der Waals surface area contributed by atoms with Gasteiger partial charge in [0.25, 0.3) is 5.69 Å². The van der Waals surface area contributed by atoms with E-state index in [1.807, 2.05) is 0 Å². The number of hydrogen-bond acceptors (Lipinski definition) is 4. The molecule has 1 aromatic heterocycles. The molecular weight excluding hydrogens is 256 g/mol. The van der Waals surface area contributed by atoms with E-state index in [4.69, 9.17) is 21.8 Å². The second-order valence-corrected chi connectivity index (χ2v) is 4.32. The number of nitro benzene ring substituents is 1. The van der Waals surface area contributed by atoms with Gasteiger partial charge >= 0.3 is 0 Å². The Labute approximate surface area is 108 Å². The summed E-state index contributed by atoms with van der Waals surface area (Å²) in [6.07, 6.45) is 0. The third kappa shape index (κ3) is 2.37. The number of nitrogens with zero attached hydrogens (tertiary/aromatic N) is 1. The van der Waals surface area contributed by atoms with Gasteiger partial charge in [0.2, 0.25) is 0 Å². The summed E-state index contributed by atoms with van der Waals surface area (Å²) < 4.78 is 5.53. The van der Waals surface area contributed by atoms with E-state index in [2.05, 4.69) is 0 Å². The van der Waals surface area contributed by atoms with Crippen molar-refractivity contribution in [1.82, 2.24) is 0 Å². The lowest BCUT2D eigenvalue weighted by molar-refractivity contribution is -0.384. The summed E-state index contributed by atoms with van der Waals surface area (Å²) in [6.45, 7) is 1.81. The fourth-order valence-electron chi connectivity index (χ4n) is 1.56. The van der Waals surface area contributed by atoms with Crippen LogP contribution in [0.5, 0.6) is 0 Å². The maximum Gasteiger partial charge on any atom is 0.270 e. The predicted molar refractivity (Wildman–Crippen MR) is 68.4 cm³/mol. The maximum absolute atomic E-state index is 10.6. The monoisotopic (exact) mass is 266 g/mol. The highest BCUT2D eigenvalue weighted by Gasteiger charge is 2.14. The Balaban J connectivity index is 2.41. The molecule has 0 radical (unpaired) electrons. The molecule has 94 valence electrons. The van der Waals surface area contributed by atoms with E-state index in [9.17, 15) is 10.1 Å². The molecule has 1 atom stereocenters. The number of furan rings is 1. The molecule has 6 heteroatoms. The van der Waals surface area contributed by atoms with Crippen LogP contribution in [0.15, 0.2) is 34.7 Å². The first-order valence-corrected chi connectivity index (χ1v) is 5.66. The van der Waals surface area contributed by atoms with Crippen LogP contribution in [-0.4, -0.2) is 4.92 Å². The van der Waals surface area contributed by atoms with E-state index in [1.54, 1.807) is 25.1 Å². The van der Waals surface area contributed by atoms with E-state index in [-0.39, 0.29) is 16.8 Å². The molecule has 1 unspecified atom stereocenters. The van der Waals surface area contributed by atoms with Crippen LogP contribution < -0.4 is 5.73 Å². The molecule has 0 saturated carbocycles. The number of rotatable bonds is 3. The second kappa shape index (κ2) is 4.80. The van der Waals surface area contributed by atoms with Gasteiger partial charge in [0.05, 0.1) is 16.0 Å². The highest BCUT2D eigenvalue weighted by atomic mass is 35.5. The molecule has 0 aliphatic rings. The van der Waals surface area contributed by atoms with E-state index >= 15 is 0 Å². The molecule has 0 saturated heterocycles. The molecule has 0 fully saturated rings. The van der Waals surface area contributed by atoms with Crippen LogP contribution in [0.3, 0.4) is 0 Å². The summed E-state index contributed by atoms with van der Waals surface area (Å²) in [6, 6.07) is 7.53. The summed E-state index contributed by atoms with van der Waals surface area (Å²) >= 11 is 6.00. The standard InChI is InChI=1S/C12H11ClN2O3/c1-7(14)11-4-5-12(18-11)9-3-2-8(15(16)17)6-10(9)13/h2-7H,14H2,1H3. The smallest absolute Gasteiger partial charge is 0.270 e. The van der Waals surface area contributed by atoms with E-state index < -0.39 is 4.92 Å². The van der Waals surface area contributed by atoms with Crippen LogP contribution in [0.25, 0.3) is 11.3 Å². The second-order valence-electron chi connectivity index (χ2n) is 3.91. The summed E-state index contributed by atoms with van der Waals surface area (Å²) in [7, 11) is 0. The van der Waals surface area contributed by atoms with Crippen molar-refractivity contribution in [3.05, 3.63) is 51.2 Å². The number of halogens is 1. The molecule has 2 N–H and O–H groups in total. The minimum absolute atomic E-state index is 0.0530. The number of benzene rings is 1. The van der Waals surface area contributed by atoms with Gasteiger partial charge in [-0.2, -0.15) is 0 Å². The molecule has 0 spiro atoms. The molecule has 0 bridgehead atoms. The SMILES string of the molecule is CC(N)c1ccc(-c2ccc([N+](=O)[O-])cc2Cl)o1. The molecule has 18 heavy (non-hydrogen) atoms. The molecule has 1 heterocycles. The van der Waals surface area contributed by atoms with Crippen LogP contribution in [0.4, 0.5) is 5.69 Å². The molecule has 0 aliphatic heterocycles. The zero-order chi connectivity index (χ0) is 13.3. The Morgan fingerprint density at radius 1 is 1.39 bits per heavy atom. The van der Waals surface area contributed by atoms with Gasteiger partial charge in [-0.3, -0.25) is 10.1 Å². The zero-order valence-corrected chi connectivity index (χ0v) is 10.3. The fourth-order valence-corrected chi connectivity index (χ4v) is 1.83. The highest BCUT2D eigenvalue weighted by Crippen LogP contribution is 2.32. The van der Waals surface area contributed by atoms with E-state index in [1.165, 1.54) is 12.1 Å². The number of non-ortho nitro benzene ring substituents is 1. The number of hydrogen-bond donors (Lipinski definition) is 1. The maximum atomic E-state index is 10.6. The average molecular weight is 267 g/mol. The summed E-state index contributed by atoms with van der Waals surface area (Å²) in [5.41, 5.74) is 6.24. The molecule has 0 amide bonds. The molecule has 2 rings (SSSR count). The summed E-state index contributed by atoms with van der Waals surface area (Å²) in [5, 5.41) is 10.9. The average Bonchev–Trinajstić information content (AvgIpc) is 2.78. The minimum Gasteiger partial charge on any atom is -0.459 e. The van der Waals surface area contributed by atoms with Gasteiger partial charge in [-0.1, -0.05) is 11.6 Å². The van der Waals surface area contributed by atoms with Gasteiger partial charge in [0.15, 0.2) is 0 Å². The van der Waals surface area contributed by atoms with Crippen LogP contribution in [0.2, 0.25) is 5.02 Å². The van der Waals surface area contributed by atoms with Crippen LogP contribution >= 0.6 is 11.6 Å². The largest absolute Gasteiger partial charge is 0.459 e. The van der Waals surface area contributed by atoms with Gasteiger partial charge < -0.3 is 10.2 Å². The first-order chi connectivity index (χ1) is 8.49. The third-order valence-electron chi connectivity index (χ3n) is 2.50. The first-order valence-electron chi connectivity index (χ1n) is 5.28. The van der Waals surface area contributed by atoms with Gasteiger partial charge in [-0.25, -0.2) is 0 Å². The lowest BCUT2D eigenvalue weighted by atomic mass is 10.1. The van der Waals surface area contributed by atoms with E-state index in [0.717, 1.165) is 0 Å². The van der Waals surface area contributed by atoms with Crippen molar-refractivity contribution in [2.75, 3.05) is 0 Å². The first kappa shape index (κ1) is 12.6. The van der Waals surface area contributed by atoms with Gasteiger partial charge in [-0.15, -0.1) is 0 Å². The third-order valence-corrected chi connectivity index (χ3v) is 2.82. The van der Waals surface area contributed by atoms with Crippen molar-refractivity contribution >= 4 is 17.3 Å². The number of nitro groups is 1. The zero-order valence-electron chi connectivity index (χ0n) is 9.59. The Kier molecular flexibility index (Phi) is 3.36. The van der Waals surface area contributed by atoms with Crippen molar-refractivity contribution in [2.45, 2.75) is 13.0 Å². The topological polar surface area (TPSA) is 82.3 Å². The Hall–Kier alpha value is -1.85. The lowest BCUT2D eigenvalue weighted by Crippen LogP contribution is -2.02. The number of nitrogens with two attached hydrogens (primary N) is 1. The van der Waals surface area contributed by atoms with Crippen LogP contribution in [-0.2, 0) is 0 Å². The van der Waals surface area contributed by atoms with Crippen molar-refractivity contribution in [3.8, 4) is 11.3 Å². The normalized spacial score (nSPS) is 12.4. The lowest BCUT2D eigenvalue weighted by Gasteiger charge is -2.02. The van der Waals surface area contributed by atoms with Crippen LogP contribution in [0, 0.1) is 10.1 Å². The predicted octanol–water partition coefficient (Wildman–Crippen LogP) is 3.53. The Morgan fingerprint density at radius 3 is 2.61 bits per heavy atom. The highest BCUT2D eigenvalue weighted by molar-refractivity contribution is 6.33. The molecule has 5 nitrogen and oxygen atoms in total. The Bertz CT molecular complexity index is 593. The molecule has 2 aromatic rings. The van der Waals surface area contributed by atoms with Crippen molar-refractivity contribution in [3.63, 3.8) is 0 Å². The van der Waals surface area contributed by atoms with Gasteiger partial charge in [-0.05, 0) is 25.1 Å². The molecule has 0 aliphatic carbocycles. The quantitative estimate of drug-likeness (QED) is 0.680. The minimum atomic E-state index is -0.495. The van der Waals surface area contributed by atoms with E-state index in [0.29, 0.717) is 17.1 Å². The fraction of sp³-hybridized carbons (Fsp3) is 0.167. The van der Waals surface area contributed by atoms with Crippen molar-refractivity contribution in [1.29, 1.82) is 0 Å². The van der Waals surface area contributed by atoms with Crippen molar-refractivity contribution < 1.29 is 9.34 Å². The Morgan fingerprint density at radius 2 is 2.11 bits per heavy atom. The van der Waals surface area contributed by atoms with Crippen molar-refractivity contribution in [2.24, 2.45) is 5.73 Å². The van der Waals surface area contributed by atoms with Gasteiger partial charge in [0.1, 0.15) is 11.5 Å². The van der Waals surface area contributed by atoms with Gasteiger partial charge in [0, 0.05) is 17.7 Å². The van der Waals surface area contributed by atoms with Crippen LogP contribution in [0.1, 0.15) is 18.7 Å². The molecular formula is C12H11ClN2O3. The summed E-state index contributed by atoms with van der Waals surface area (Å²) in [5.74, 6) is 1.18.